The van der Waals surface area contributed by atoms with E-state index in [9.17, 15) is 14.7 Å². The quantitative estimate of drug-likeness (QED) is 0.512. The molecule has 6 nitrogen and oxygen atoms in total. The molecule has 0 saturated heterocycles. The van der Waals surface area contributed by atoms with Gasteiger partial charge in [-0.2, -0.15) is 0 Å². The molecule has 8 heteroatoms. The number of anilines is 2. The molecule has 0 aliphatic carbocycles. The fourth-order valence-corrected chi connectivity index (χ4v) is 3.93. The summed E-state index contributed by atoms with van der Waals surface area (Å²) in [5, 5.41) is 12.6. The van der Waals surface area contributed by atoms with Crippen molar-refractivity contribution in [3.63, 3.8) is 0 Å². The SMILES string of the molecule is CCN(c1ccc(NC(=O)COC(=O)c2cc(Br)cc(Br)c2O)cc1)C(C)C. The molecule has 1 amide bonds. The first kappa shape index (κ1) is 22.2. The van der Waals surface area contributed by atoms with Crippen molar-refractivity contribution in [2.24, 2.45) is 0 Å². The molecule has 0 bridgehead atoms. The lowest BCUT2D eigenvalue weighted by Crippen LogP contribution is -2.30. The topological polar surface area (TPSA) is 78.9 Å². The van der Waals surface area contributed by atoms with Crippen molar-refractivity contribution in [2.75, 3.05) is 23.4 Å². The van der Waals surface area contributed by atoms with Gasteiger partial charge >= 0.3 is 5.97 Å². The smallest absolute Gasteiger partial charge is 0.342 e. The summed E-state index contributed by atoms with van der Waals surface area (Å²) < 4.78 is 5.94. The van der Waals surface area contributed by atoms with Crippen molar-refractivity contribution < 1.29 is 19.4 Å². The number of benzene rings is 2. The minimum Gasteiger partial charge on any atom is -0.506 e. The van der Waals surface area contributed by atoms with Crippen LogP contribution >= 0.6 is 31.9 Å². The molecule has 0 aromatic heterocycles. The van der Waals surface area contributed by atoms with Crippen LogP contribution < -0.4 is 10.2 Å². The van der Waals surface area contributed by atoms with E-state index in [2.05, 4.69) is 62.8 Å². The van der Waals surface area contributed by atoms with E-state index in [4.69, 9.17) is 4.74 Å². The van der Waals surface area contributed by atoms with E-state index < -0.39 is 18.5 Å². The maximum atomic E-state index is 12.1. The number of ether oxygens (including phenoxy) is 1. The first-order valence-electron chi connectivity index (χ1n) is 8.74. The van der Waals surface area contributed by atoms with E-state index >= 15 is 0 Å². The number of halogens is 2. The fourth-order valence-electron chi connectivity index (χ4n) is 2.71. The Labute approximate surface area is 181 Å². The van der Waals surface area contributed by atoms with Gasteiger partial charge in [0.05, 0.1) is 4.47 Å². The van der Waals surface area contributed by atoms with Crippen LogP contribution in [0.25, 0.3) is 0 Å². The number of rotatable bonds is 7. The molecule has 2 aromatic rings. The Bertz CT molecular complexity index is 854. The number of hydrogen-bond donors (Lipinski definition) is 2. The van der Waals surface area contributed by atoms with Crippen LogP contribution in [0.4, 0.5) is 11.4 Å². The second kappa shape index (κ2) is 9.93. The number of amides is 1. The minimum absolute atomic E-state index is 0.0354. The molecule has 0 spiro atoms. The van der Waals surface area contributed by atoms with Crippen LogP contribution in [0.3, 0.4) is 0 Å². The van der Waals surface area contributed by atoms with Gasteiger partial charge in [-0.1, -0.05) is 15.9 Å². The number of esters is 1. The van der Waals surface area contributed by atoms with E-state index in [0.29, 0.717) is 20.7 Å². The van der Waals surface area contributed by atoms with Crippen molar-refractivity contribution in [1.82, 2.24) is 0 Å². The summed E-state index contributed by atoms with van der Waals surface area (Å²) in [5.74, 6) is -1.50. The summed E-state index contributed by atoms with van der Waals surface area (Å²) in [4.78, 5) is 26.4. The predicted octanol–water partition coefficient (Wildman–Crippen LogP) is 4.95. The molecule has 2 N–H and O–H groups in total. The van der Waals surface area contributed by atoms with Crippen LogP contribution in [0.1, 0.15) is 31.1 Å². The summed E-state index contributed by atoms with van der Waals surface area (Å²) in [7, 11) is 0. The third-order valence-electron chi connectivity index (χ3n) is 4.03. The van der Waals surface area contributed by atoms with E-state index in [1.165, 1.54) is 6.07 Å². The number of carbonyl (C=O) groups is 2. The second-order valence-electron chi connectivity index (χ2n) is 6.33. The van der Waals surface area contributed by atoms with Crippen LogP contribution in [0.5, 0.6) is 5.75 Å². The number of phenolic OH excluding ortho intramolecular Hbond substituents is 1. The molecule has 0 saturated carbocycles. The average molecular weight is 514 g/mol. The summed E-state index contributed by atoms with van der Waals surface area (Å²) in [5.41, 5.74) is 1.64. The van der Waals surface area contributed by atoms with Crippen molar-refractivity contribution in [3.8, 4) is 5.75 Å². The lowest BCUT2D eigenvalue weighted by Gasteiger charge is -2.27. The first-order valence-corrected chi connectivity index (χ1v) is 10.3. The molecule has 0 aliphatic rings. The van der Waals surface area contributed by atoms with Gasteiger partial charge < -0.3 is 20.1 Å². The Morgan fingerprint density at radius 3 is 2.39 bits per heavy atom. The fraction of sp³-hybridized carbons (Fsp3) is 0.300. The standard InChI is InChI=1S/C20H22Br2N2O4/c1-4-24(12(2)3)15-7-5-14(6-8-15)23-18(25)11-28-20(27)16-9-13(21)10-17(22)19(16)26/h5-10,12,26H,4,11H2,1-3H3,(H,23,25). The van der Waals surface area contributed by atoms with E-state index in [1.54, 1.807) is 18.2 Å². The highest BCUT2D eigenvalue weighted by molar-refractivity contribution is 9.11. The summed E-state index contributed by atoms with van der Waals surface area (Å²) in [6.45, 7) is 6.76. The largest absolute Gasteiger partial charge is 0.506 e. The molecule has 0 atom stereocenters. The van der Waals surface area contributed by atoms with Gasteiger partial charge in [0.1, 0.15) is 11.3 Å². The Hall–Kier alpha value is -2.06. The number of phenols is 1. The number of nitrogens with one attached hydrogen (secondary N) is 1. The molecule has 0 radical (unpaired) electrons. The van der Waals surface area contributed by atoms with Gasteiger partial charge in [0.2, 0.25) is 0 Å². The van der Waals surface area contributed by atoms with Gasteiger partial charge in [-0.05, 0) is 73.1 Å². The normalized spacial score (nSPS) is 10.6. The van der Waals surface area contributed by atoms with E-state index in [1.807, 2.05) is 12.1 Å². The molecule has 28 heavy (non-hydrogen) atoms. The molecule has 2 rings (SSSR count). The third-order valence-corrected chi connectivity index (χ3v) is 5.09. The van der Waals surface area contributed by atoms with Gasteiger partial charge in [0, 0.05) is 28.4 Å². The second-order valence-corrected chi connectivity index (χ2v) is 8.10. The number of carbonyl (C=O) groups excluding carboxylic acids is 2. The molecule has 150 valence electrons. The number of hydrogen-bond acceptors (Lipinski definition) is 5. The van der Waals surface area contributed by atoms with Gasteiger partial charge in [-0.15, -0.1) is 0 Å². The molecule has 0 aliphatic heterocycles. The maximum absolute atomic E-state index is 12.1. The van der Waals surface area contributed by atoms with E-state index in [0.717, 1.165) is 12.2 Å². The van der Waals surface area contributed by atoms with Crippen LogP contribution in [-0.4, -0.2) is 36.2 Å². The molecule has 0 fully saturated rings. The zero-order valence-corrected chi connectivity index (χ0v) is 19.0. The Balaban J connectivity index is 1.95. The Morgan fingerprint density at radius 2 is 1.82 bits per heavy atom. The van der Waals surface area contributed by atoms with Crippen molar-refractivity contribution in [1.29, 1.82) is 0 Å². The molecular weight excluding hydrogens is 492 g/mol. The Morgan fingerprint density at radius 1 is 1.18 bits per heavy atom. The zero-order chi connectivity index (χ0) is 20.8. The Kier molecular flexibility index (Phi) is 7.88. The molecule has 0 heterocycles. The number of aromatic hydroxyl groups is 1. The third kappa shape index (κ3) is 5.72. The minimum atomic E-state index is -0.791. The molecule has 2 aromatic carbocycles. The highest BCUT2D eigenvalue weighted by Crippen LogP contribution is 2.32. The van der Waals surface area contributed by atoms with Crippen molar-refractivity contribution in [3.05, 3.63) is 50.9 Å². The maximum Gasteiger partial charge on any atom is 0.342 e. The van der Waals surface area contributed by atoms with Gasteiger partial charge in [-0.25, -0.2) is 4.79 Å². The number of nitrogens with zero attached hydrogens (tertiary/aromatic N) is 1. The summed E-state index contributed by atoms with van der Waals surface area (Å²) in [6.07, 6.45) is 0. The zero-order valence-electron chi connectivity index (χ0n) is 15.8. The molecule has 0 unspecified atom stereocenters. The van der Waals surface area contributed by atoms with Crippen LogP contribution in [0.15, 0.2) is 45.3 Å². The first-order chi connectivity index (χ1) is 13.2. The van der Waals surface area contributed by atoms with Crippen LogP contribution in [0, 0.1) is 0 Å². The van der Waals surface area contributed by atoms with Gasteiger partial charge in [0.15, 0.2) is 6.61 Å². The lowest BCUT2D eigenvalue weighted by molar-refractivity contribution is -0.119. The average Bonchev–Trinajstić information content (AvgIpc) is 2.64. The molecular formula is C20H22Br2N2O4. The van der Waals surface area contributed by atoms with Crippen LogP contribution in [0.2, 0.25) is 0 Å². The lowest BCUT2D eigenvalue weighted by atomic mass is 10.2. The van der Waals surface area contributed by atoms with Crippen LogP contribution in [-0.2, 0) is 9.53 Å². The summed E-state index contributed by atoms with van der Waals surface area (Å²) >= 11 is 6.39. The van der Waals surface area contributed by atoms with Gasteiger partial charge in [0.25, 0.3) is 5.91 Å². The van der Waals surface area contributed by atoms with Crippen molar-refractivity contribution >= 4 is 55.1 Å². The van der Waals surface area contributed by atoms with Crippen molar-refractivity contribution in [2.45, 2.75) is 26.8 Å². The van der Waals surface area contributed by atoms with Gasteiger partial charge in [-0.3, -0.25) is 4.79 Å². The highest BCUT2D eigenvalue weighted by atomic mass is 79.9. The van der Waals surface area contributed by atoms with E-state index in [-0.39, 0.29) is 11.3 Å². The monoisotopic (exact) mass is 512 g/mol. The summed E-state index contributed by atoms with van der Waals surface area (Å²) in [6, 6.07) is 10.9. The predicted molar refractivity (Wildman–Crippen MR) is 117 cm³/mol. The highest BCUT2D eigenvalue weighted by Gasteiger charge is 2.18.